The lowest BCUT2D eigenvalue weighted by atomic mass is 10.3. The molecule has 0 aliphatic heterocycles. The van der Waals surface area contributed by atoms with Gasteiger partial charge in [-0.05, 0) is 30.2 Å². The van der Waals surface area contributed by atoms with Crippen LogP contribution in [0.3, 0.4) is 0 Å². The van der Waals surface area contributed by atoms with Crippen LogP contribution >= 0.6 is 0 Å². The summed E-state index contributed by atoms with van der Waals surface area (Å²) in [6.07, 6.45) is 2.58. The van der Waals surface area contributed by atoms with E-state index in [4.69, 9.17) is 5.48 Å². The second kappa shape index (κ2) is 5.66. The Morgan fingerprint density at radius 3 is 2.35 bits per heavy atom. The molecule has 0 atom stereocenters. The number of nitrogens with one attached hydrogen (secondary N) is 2. The van der Waals surface area contributed by atoms with Crippen LogP contribution in [0.2, 0.25) is 0 Å². The van der Waals surface area contributed by atoms with Gasteiger partial charge in [-0.3, -0.25) is 4.79 Å². The third kappa shape index (κ3) is 3.51. The summed E-state index contributed by atoms with van der Waals surface area (Å²) in [5, 5.41) is 2.16. The summed E-state index contributed by atoms with van der Waals surface area (Å²) in [5.74, 6) is -0.887. The Hall–Kier alpha value is -2.48. The summed E-state index contributed by atoms with van der Waals surface area (Å²) >= 11 is 0. The lowest BCUT2D eigenvalue weighted by molar-refractivity contribution is -0.114. The van der Waals surface area contributed by atoms with Crippen LogP contribution in [0.1, 0.15) is 12.4 Å². The molecule has 0 saturated heterocycles. The molecule has 0 radical (unpaired) electrons. The van der Waals surface area contributed by atoms with E-state index in [1.54, 1.807) is 0 Å². The molecule has 0 saturated carbocycles. The molecular weight excluding hydrogens is 280 g/mol. The Balaban J connectivity index is 2.60. The van der Waals surface area contributed by atoms with Crippen LogP contribution < -0.4 is 10.0 Å². The number of nitrogens with zero attached hydrogens (tertiary/aromatic N) is 2. The Labute approximate surface area is 121 Å². The summed E-state index contributed by atoms with van der Waals surface area (Å²) < 4.78 is 58.0. The third-order valence-corrected chi connectivity index (χ3v) is 3.16. The minimum atomic E-state index is -4.47. The molecule has 0 fully saturated rings. The van der Waals surface area contributed by atoms with Gasteiger partial charge in [-0.25, -0.2) is 23.1 Å². The van der Waals surface area contributed by atoms with Crippen LogP contribution in [-0.4, -0.2) is 24.3 Å². The van der Waals surface area contributed by atoms with Crippen molar-refractivity contribution in [1.82, 2.24) is 9.97 Å². The van der Waals surface area contributed by atoms with E-state index in [9.17, 15) is 13.2 Å². The molecule has 0 unspecified atom stereocenters. The largest absolute Gasteiger partial charge is 0.326 e. The third-order valence-electron chi connectivity index (χ3n) is 1.96. The zero-order chi connectivity index (χ0) is 18.1. The first kappa shape index (κ1) is 9.43. The molecule has 0 aliphatic rings. The van der Waals surface area contributed by atoms with E-state index in [0.29, 0.717) is 0 Å². The average molecular weight is 296 g/mol. The Morgan fingerprint density at radius 1 is 1.20 bits per heavy atom. The fourth-order valence-electron chi connectivity index (χ4n) is 1.20. The van der Waals surface area contributed by atoms with Gasteiger partial charge in [0.05, 0.1) is 10.4 Å². The quantitative estimate of drug-likeness (QED) is 0.883. The van der Waals surface area contributed by atoms with Crippen molar-refractivity contribution in [3.8, 4) is 0 Å². The van der Waals surface area contributed by atoms with Gasteiger partial charge in [-0.1, -0.05) is 0 Å². The first-order valence-corrected chi connectivity index (χ1v) is 6.81. The number of amides is 1. The number of rotatable bonds is 4. The molecule has 0 spiro atoms. The highest BCUT2D eigenvalue weighted by atomic mass is 32.2. The molecular formula is C12H12N4O3S. The molecule has 1 aromatic carbocycles. The molecule has 1 amide bonds. The van der Waals surface area contributed by atoms with Crippen LogP contribution in [0.5, 0.6) is 0 Å². The van der Waals surface area contributed by atoms with Crippen molar-refractivity contribution in [1.29, 1.82) is 0 Å². The Bertz CT molecular complexity index is 877. The van der Waals surface area contributed by atoms with Crippen LogP contribution in [0.4, 0.5) is 11.6 Å². The number of anilines is 2. The molecule has 2 aromatic rings. The summed E-state index contributed by atoms with van der Waals surface area (Å²) in [6.45, 7) is 1.13. The second-order valence-corrected chi connectivity index (χ2v) is 5.18. The van der Waals surface area contributed by atoms with Crippen molar-refractivity contribution in [2.24, 2.45) is 0 Å². The smallest absolute Gasteiger partial charge is 0.264 e. The number of hydrogen-bond donors (Lipinski definition) is 2. The van der Waals surface area contributed by atoms with Crippen LogP contribution in [0, 0.1) is 0 Å². The standard InChI is InChI=1S/C12H12N4O3S/c1-9(17)15-10-3-5-11(6-4-10)20(18,19)16-12-13-7-2-8-14-12/h2-8H,1H3,(H,15,17)(H,13,14,16)/i3D,4D,5D,6D. The van der Waals surface area contributed by atoms with Crippen molar-refractivity contribution in [2.45, 2.75) is 11.8 Å². The molecule has 7 nitrogen and oxygen atoms in total. The summed E-state index contributed by atoms with van der Waals surface area (Å²) in [7, 11) is -4.47. The number of hydrogen-bond acceptors (Lipinski definition) is 5. The van der Waals surface area contributed by atoms with E-state index in [2.05, 4.69) is 15.3 Å². The lowest BCUT2D eigenvalue weighted by Crippen LogP contribution is -2.15. The molecule has 104 valence electrons. The minimum Gasteiger partial charge on any atom is -0.326 e. The van der Waals surface area contributed by atoms with Crippen molar-refractivity contribution < 1.29 is 18.7 Å². The van der Waals surface area contributed by atoms with Gasteiger partial charge in [0, 0.05) is 25.0 Å². The zero-order valence-electron chi connectivity index (χ0n) is 14.3. The normalized spacial score (nSPS) is 13.7. The maximum atomic E-state index is 12.4. The molecule has 0 aliphatic carbocycles. The summed E-state index contributed by atoms with van der Waals surface area (Å²) in [6, 6.07) is -1.53. The summed E-state index contributed by atoms with van der Waals surface area (Å²) in [4.78, 5) is 17.6. The van der Waals surface area contributed by atoms with Crippen molar-refractivity contribution >= 4 is 27.6 Å². The van der Waals surface area contributed by atoms with E-state index in [0.717, 1.165) is 6.92 Å². The highest BCUT2D eigenvalue weighted by Gasteiger charge is 2.15. The van der Waals surface area contributed by atoms with Gasteiger partial charge in [0.25, 0.3) is 10.0 Å². The van der Waals surface area contributed by atoms with E-state index in [-0.39, 0.29) is 5.95 Å². The SMILES string of the molecule is [2H]c1c([2H])c(S(=O)(=O)Nc2ncccn2)c([2H])c([2H])c1NC(C)=O. The van der Waals surface area contributed by atoms with Crippen molar-refractivity contribution in [3.05, 3.63) is 42.6 Å². The maximum absolute atomic E-state index is 12.4. The lowest BCUT2D eigenvalue weighted by Gasteiger charge is -2.07. The van der Waals surface area contributed by atoms with E-state index >= 15 is 0 Å². The van der Waals surface area contributed by atoms with Crippen molar-refractivity contribution in [3.63, 3.8) is 0 Å². The Kier molecular flexibility index (Phi) is 2.67. The van der Waals surface area contributed by atoms with Gasteiger partial charge < -0.3 is 5.32 Å². The fraction of sp³-hybridized carbons (Fsp3) is 0.0833. The minimum absolute atomic E-state index is 0.278. The number of carbonyl (C=O) groups is 1. The molecule has 2 N–H and O–H groups in total. The van der Waals surface area contributed by atoms with Crippen LogP contribution in [0.15, 0.2) is 47.5 Å². The van der Waals surface area contributed by atoms with E-state index in [1.165, 1.54) is 18.5 Å². The predicted octanol–water partition coefficient (Wildman–Crippen LogP) is 1.24. The molecule has 8 heteroatoms. The van der Waals surface area contributed by atoms with Gasteiger partial charge in [0.15, 0.2) is 0 Å². The van der Waals surface area contributed by atoms with Gasteiger partial charge in [-0.15, -0.1) is 0 Å². The first-order chi connectivity index (χ1) is 11.1. The second-order valence-electron chi connectivity index (χ2n) is 3.56. The van der Waals surface area contributed by atoms with Crippen LogP contribution in [0.25, 0.3) is 0 Å². The monoisotopic (exact) mass is 296 g/mol. The van der Waals surface area contributed by atoms with Crippen LogP contribution in [-0.2, 0) is 14.8 Å². The fourth-order valence-corrected chi connectivity index (χ4v) is 2.02. The van der Waals surface area contributed by atoms with Gasteiger partial charge in [0.1, 0.15) is 0 Å². The molecule has 0 bridgehead atoms. The zero-order valence-corrected chi connectivity index (χ0v) is 11.1. The predicted molar refractivity (Wildman–Crippen MR) is 73.6 cm³/mol. The number of aromatic nitrogens is 2. The molecule has 1 heterocycles. The molecule has 2 rings (SSSR count). The van der Waals surface area contributed by atoms with Gasteiger partial charge in [-0.2, -0.15) is 0 Å². The van der Waals surface area contributed by atoms with Crippen molar-refractivity contribution in [2.75, 3.05) is 10.0 Å². The molecule has 20 heavy (non-hydrogen) atoms. The highest BCUT2D eigenvalue weighted by molar-refractivity contribution is 7.92. The first-order valence-electron chi connectivity index (χ1n) is 7.33. The highest BCUT2D eigenvalue weighted by Crippen LogP contribution is 2.16. The van der Waals surface area contributed by atoms with Gasteiger partial charge in [0.2, 0.25) is 11.9 Å². The van der Waals surface area contributed by atoms with E-state index < -0.39 is 50.7 Å². The topological polar surface area (TPSA) is 101 Å². The average Bonchev–Trinajstić information content (AvgIpc) is 2.50. The number of benzene rings is 1. The number of sulfonamides is 1. The molecule has 1 aromatic heterocycles. The number of carbonyl (C=O) groups excluding carboxylic acids is 1. The van der Waals surface area contributed by atoms with E-state index in [1.807, 2.05) is 4.72 Å². The summed E-state index contributed by atoms with van der Waals surface area (Å²) in [5.41, 5.74) is -0.396. The Morgan fingerprint density at radius 2 is 1.80 bits per heavy atom. The van der Waals surface area contributed by atoms with Gasteiger partial charge >= 0.3 is 0 Å². The maximum Gasteiger partial charge on any atom is 0.264 e.